The first-order chi connectivity index (χ1) is 8.99. The van der Waals surface area contributed by atoms with Crippen LogP contribution in [-0.4, -0.2) is 27.8 Å². The van der Waals surface area contributed by atoms with E-state index in [0.29, 0.717) is 12.2 Å². The molecule has 0 saturated carbocycles. The predicted octanol–water partition coefficient (Wildman–Crippen LogP) is 2.20. The van der Waals surface area contributed by atoms with Gasteiger partial charge in [-0.1, -0.05) is 0 Å². The van der Waals surface area contributed by atoms with Gasteiger partial charge in [-0.15, -0.1) is 22.7 Å². The van der Waals surface area contributed by atoms with Crippen LogP contribution in [0.2, 0.25) is 0 Å². The van der Waals surface area contributed by atoms with Crippen LogP contribution in [0.3, 0.4) is 0 Å². The van der Waals surface area contributed by atoms with E-state index < -0.39 is 0 Å². The molecule has 1 amide bonds. The second kappa shape index (κ2) is 5.77. The first-order valence-corrected chi connectivity index (χ1v) is 7.60. The van der Waals surface area contributed by atoms with Crippen molar-refractivity contribution in [3.8, 4) is 0 Å². The number of nitrogens with zero attached hydrogens (tertiary/aromatic N) is 3. The fraction of sp³-hybridized carbons (Fsp3) is 0.417. The van der Waals surface area contributed by atoms with Crippen LogP contribution in [0, 0.1) is 6.92 Å². The highest BCUT2D eigenvalue weighted by Gasteiger charge is 2.18. The van der Waals surface area contributed by atoms with Gasteiger partial charge in [-0.25, -0.2) is 9.97 Å². The summed E-state index contributed by atoms with van der Waals surface area (Å²) in [6, 6.07) is -0.138. The molecule has 0 saturated heterocycles. The summed E-state index contributed by atoms with van der Waals surface area (Å²) < 4.78 is 0. The molecule has 0 radical (unpaired) electrons. The fourth-order valence-corrected chi connectivity index (χ4v) is 3.14. The first kappa shape index (κ1) is 14.1. The number of carbonyl (C=O) groups excluding carboxylic acids is 1. The third-order valence-corrected chi connectivity index (χ3v) is 4.67. The minimum Gasteiger partial charge on any atom is -0.335 e. The van der Waals surface area contributed by atoms with E-state index in [1.807, 2.05) is 13.8 Å². The van der Waals surface area contributed by atoms with Crippen molar-refractivity contribution >= 4 is 28.6 Å². The van der Waals surface area contributed by atoms with Gasteiger partial charge >= 0.3 is 0 Å². The summed E-state index contributed by atoms with van der Waals surface area (Å²) >= 11 is 2.98. The van der Waals surface area contributed by atoms with Gasteiger partial charge in [0.15, 0.2) is 0 Å². The molecule has 2 aromatic heterocycles. The highest BCUT2D eigenvalue weighted by Crippen LogP contribution is 2.19. The number of aryl methyl sites for hydroxylation is 1. The van der Waals surface area contributed by atoms with E-state index in [1.165, 1.54) is 11.3 Å². The second-order valence-electron chi connectivity index (χ2n) is 4.38. The van der Waals surface area contributed by atoms with Crippen molar-refractivity contribution in [1.29, 1.82) is 0 Å². The quantitative estimate of drug-likeness (QED) is 0.939. The molecule has 0 aliphatic rings. The number of rotatable bonds is 4. The van der Waals surface area contributed by atoms with Crippen LogP contribution in [0.1, 0.15) is 39.0 Å². The van der Waals surface area contributed by atoms with Crippen molar-refractivity contribution in [1.82, 2.24) is 14.9 Å². The number of amides is 1. The topological polar surface area (TPSA) is 72.1 Å². The Balaban J connectivity index is 2.08. The van der Waals surface area contributed by atoms with Crippen LogP contribution in [0.15, 0.2) is 10.9 Å². The zero-order valence-corrected chi connectivity index (χ0v) is 12.7. The molecule has 5 nitrogen and oxygen atoms in total. The average molecular weight is 296 g/mol. The van der Waals surface area contributed by atoms with Gasteiger partial charge in [0.25, 0.3) is 5.91 Å². The number of aromatic nitrogens is 2. The number of thiazole rings is 2. The van der Waals surface area contributed by atoms with E-state index in [2.05, 4.69) is 9.97 Å². The van der Waals surface area contributed by atoms with E-state index in [0.717, 1.165) is 15.6 Å². The molecule has 2 aromatic rings. The minimum atomic E-state index is -0.138. The first-order valence-electron chi connectivity index (χ1n) is 5.84. The molecule has 0 aliphatic heterocycles. The zero-order chi connectivity index (χ0) is 14.0. The van der Waals surface area contributed by atoms with E-state index in [4.69, 9.17) is 5.73 Å². The molecular weight excluding hydrogens is 280 g/mol. The Morgan fingerprint density at radius 3 is 2.79 bits per heavy atom. The van der Waals surface area contributed by atoms with Crippen LogP contribution >= 0.6 is 22.7 Å². The molecule has 1 atom stereocenters. The standard InChI is InChI=1S/C12H16N4OS2/c1-7(13)11-15-9(5-18-11)12(17)16(3)4-10-8(2)14-6-19-10/h5-7H,4,13H2,1-3H3. The predicted molar refractivity (Wildman–Crippen MR) is 77.4 cm³/mol. The van der Waals surface area contributed by atoms with Crippen LogP contribution < -0.4 is 5.73 Å². The maximum absolute atomic E-state index is 12.2. The third-order valence-electron chi connectivity index (χ3n) is 2.70. The summed E-state index contributed by atoms with van der Waals surface area (Å²) in [5.74, 6) is -0.0871. The summed E-state index contributed by atoms with van der Waals surface area (Å²) in [5, 5.41) is 2.54. The Labute approximate surface area is 120 Å². The maximum atomic E-state index is 12.2. The normalized spacial score (nSPS) is 12.4. The molecule has 0 spiro atoms. The smallest absolute Gasteiger partial charge is 0.273 e. The molecule has 19 heavy (non-hydrogen) atoms. The van der Waals surface area contributed by atoms with Crippen molar-refractivity contribution in [2.45, 2.75) is 26.4 Å². The Kier molecular flexibility index (Phi) is 4.28. The van der Waals surface area contributed by atoms with Crippen LogP contribution in [0.5, 0.6) is 0 Å². The van der Waals surface area contributed by atoms with Crippen molar-refractivity contribution in [3.63, 3.8) is 0 Å². The number of nitrogens with two attached hydrogens (primary N) is 1. The number of hydrogen-bond acceptors (Lipinski definition) is 6. The Morgan fingerprint density at radius 1 is 1.53 bits per heavy atom. The lowest BCUT2D eigenvalue weighted by atomic mass is 10.3. The molecule has 2 heterocycles. The summed E-state index contributed by atoms with van der Waals surface area (Å²) in [5.41, 5.74) is 8.97. The highest BCUT2D eigenvalue weighted by molar-refractivity contribution is 7.10. The summed E-state index contributed by atoms with van der Waals surface area (Å²) in [6.45, 7) is 4.36. The molecule has 0 bridgehead atoms. The van der Waals surface area contributed by atoms with Crippen LogP contribution in [-0.2, 0) is 6.54 Å². The van der Waals surface area contributed by atoms with E-state index in [9.17, 15) is 4.79 Å². The Hall–Kier alpha value is -1.31. The minimum absolute atomic E-state index is 0.0871. The lowest BCUT2D eigenvalue weighted by molar-refractivity contribution is 0.0781. The van der Waals surface area contributed by atoms with Gasteiger partial charge in [-0.3, -0.25) is 4.79 Å². The monoisotopic (exact) mass is 296 g/mol. The molecular formula is C12H16N4OS2. The zero-order valence-electron chi connectivity index (χ0n) is 11.1. The lowest BCUT2D eigenvalue weighted by Gasteiger charge is -2.15. The lowest BCUT2D eigenvalue weighted by Crippen LogP contribution is -2.26. The van der Waals surface area contributed by atoms with Gasteiger partial charge in [0.05, 0.1) is 23.8 Å². The van der Waals surface area contributed by atoms with Gasteiger partial charge in [0.1, 0.15) is 10.7 Å². The third kappa shape index (κ3) is 3.17. The number of carbonyl (C=O) groups is 1. The summed E-state index contributed by atoms with van der Waals surface area (Å²) in [6.07, 6.45) is 0. The van der Waals surface area contributed by atoms with Crippen LogP contribution in [0.4, 0.5) is 0 Å². The van der Waals surface area contributed by atoms with E-state index in [1.54, 1.807) is 34.2 Å². The Bertz CT molecular complexity index is 576. The van der Waals surface area contributed by atoms with Crippen molar-refractivity contribution in [2.75, 3.05) is 7.05 Å². The molecule has 2 N–H and O–H groups in total. The summed E-state index contributed by atoms with van der Waals surface area (Å²) in [4.78, 5) is 23.4. The largest absolute Gasteiger partial charge is 0.335 e. The maximum Gasteiger partial charge on any atom is 0.273 e. The molecule has 0 aromatic carbocycles. The van der Waals surface area contributed by atoms with Gasteiger partial charge in [-0.05, 0) is 13.8 Å². The van der Waals surface area contributed by atoms with Gasteiger partial charge in [-0.2, -0.15) is 0 Å². The molecule has 0 fully saturated rings. The fourth-order valence-electron chi connectivity index (χ4n) is 1.56. The summed E-state index contributed by atoms with van der Waals surface area (Å²) in [7, 11) is 1.77. The van der Waals surface area contributed by atoms with Gasteiger partial charge in [0.2, 0.25) is 0 Å². The van der Waals surface area contributed by atoms with Gasteiger partial charge < -0.3 is 10.6 Å². The molecule has 2 rings (SSSR count). The number of hydrogen-bond donors (Lipinski definition) is 1. The van der Waals surface area contributed by atoms with E-state index in [-0.39, 0.29) is 11.9 Å². The SMILES string of the molecule is Cc1ncsc1CN(C)C(=O)c1csc(C(C)N)n1. The van der Waals surface area contributed by atoms with Crippen molar-refractivity contribution < 1.29 is 4.79 Å². The highest BCUT2D eigenvalue weighted by atomic mass is 32.1. The molecule has 0 aliphatic carbocycles. The molecule has 102 valence electrons. The average Bonchev–Trinajstić information content (AvgIpc) is 2.98. The van der Waals surface area contributed by atoms with Crippen molar-refractivity contribution in [3.05, 3.63) is 32.2 Å². The van der Waals surface area contributed by atoms with E-state index >= 15 is 0 Å². The van der Waals surface area contributed by atoms with Crippen molar-refractivity contribution in [2.24, 2.45) is 5.73 Å². The molecule has 1 unspecified atom stereocenters. The second-order valence-corrected chi connectivity index (χ2v) is 6.21. The van der Waals surface area contributed by atoms with Crippen LogP contribution in [0.25, 0.3) is 0 Å². The van der Waals surface area contributed by atoms with Gasteiger partial charge in [0, 0.05) is 17.3 Å². The molecule has 7 heteroatoms. The Morgan fingerprint density at radius 2 is 2.26 bits per heavy atom.